The van der Waals surface area contributed by atoms with Gasteiger partial charge in [-0.05, 0) is 29.3 Å². The van der Waals surface area contributed by atoms with Gasteiger partial charge in [-0.25, -0.2) is 0 Å². The maximum Gasteiger partial charge on any atom is 0.248 e. The summed E-state index contributed by atoms with van der Waals surface area (Å²) < 4.78 is 0. The predicted molar refractivity (Wildman–Crippen MR) is 64.3 cm³/mol. The Balaban J connectivity index is 2.26. The van der Waals surface area contributed by atoms with E-state index in [4.69, 9.17) is 5.73 Å². The first-order valence-corrected chi connectivity index (χ1v) is 5.22. The summed E-state index contributed by atoms with van der Waals surface area (Å²) in [6, 6.07) is 16.6. The first-order chi connectivity index (χ1) is 8.18. The van der Waals surface area contributed by atoms with Gasteiger partial charge in [0.1, 0.15) is 6.10 Å². The number of amides is 1. The van der Waals surface area contributed by atoms with Crippen LogP contribution in [0.2, 0.25) is 0 Å². The summed E-state index contributed by atoms with van der Waals surface area (Å²) in [4.78, 5) is 10.9. The maximum absolute atomic E-state index is 10.9. The molecule has 1 radical (unpaired) electrons. The number of aliphatic hydroxyl groups is 1. The lowest BCUT2D eigenvalue weighted by atomic mass is 10.0. The summed E-state index contributed by atoms with van der Waals surface area (Å²) in [5.74, 6) is -0.472. The first-order valence-electron chi connectivity index (χ1n) is 5.22. The highest BCUT2D eigenvalue weighted by Gasteiger charge is 2.10. The average molecular weight is 226 g/mol. The molecule has 3 N–H and O–H groups in total. The Hall–Kier alpha value is -2.13. The van der Waals surface area contributed by atoms with Gasteiger partial charge >= 0.3 is 0 Å². The lowest BCUT2D eigenvalue weighted by Crippen LogP contribution is -2.11. The molecule has 0 aromatic heterocycles. The van der Waals surface area contributed by atoms with E-state index < -0.39 is 12.0 Å². The molecule has 0 heterocycles. The van der Waals surface area contributed by atoms with E-state index in [1.54, 1.807) is 48.5 Å². The van der Waals surface area contributed by atoms with Crippen LogP contribution in [0, 0.1) is 6.07 Å². The molecule has 2 aromatic rings. The minimum Gasteiger partial charge on any atom is -0.384 e. The van der Waals surface area contributed by atoms with E-state index in [1.165, 1.54) is 0 Å². The van der Waals surface area contributed by atoms with Gasteiger partial charge in [-0.15, -0.1) is 0 Å². The van der Waals surface area contributed by atoms with Crippen molar-refractivity contribution >= 4 is 5.91 Å². The molecule has 1 atom stereocenters. The number of hydrogen-bond donors (Lipinski definition) is 2. The zero-order chi connectivity index (χ0) is 12.3. The van der Waals surface area contributed by atoms with Crippen LogP contribution in [0.3, 0.4) is 0 Å². The summed E-state index contributed by atoms with van der Waals surface area (Å²) >= 11 is 0. The second kappa shape index (κ2) is 4.80. The van der Waals surface area contributed by atoms with Gasteiger partial charge in [0.05, 0.1) is 0 Å². The van der Waals surface area contributed by atoms with Gasteiger partial charge in [-0.3, -0.25) is 4.79 Å². The normalized spacial score (nSPS) is 12.1. The van der Waals surface area contributed by atoms with Crippen molar-refractivity contribution in [2.75, 3.05) is 0 Å². The third kappa shape index (κ3) is 2.52. The van der Waals surface area contributed by atoms with Crippen molar-refractivity contribution in [3.05, 3.63) is 71.3 Å². The molecule has 0 aliphatic carbocycles. The smallest absolute Gasteiger partial charge is 0.248 e. The zero-order valence-electron chi connectivity index (χ0n) is 9.13. The fourth-order valence-corrected chi connectivity index (χ4v) is 1.60. The quantitative estimate of drug-likeness (QED) is 0.836. The summed E-state index contributed by atoms with van der Waals surface area (Å²) in [6.07, 6.45) is -0.702. The number of hydrogen-bond acceptors (Lipinski definition) is 2. The van der Waals surface area contributed by atoms with Crippen LogP contribution in [0.15, 0.2) is 48.5 Å². The van der Waals surface area contributed by atoms with Crippen LogP contribution >= 0.6 is 0 Å². The highest BCUT2D eigenvalue weighted by molar-refractivity contribution is 5.92. The Morgan fingerprint density at radius 2 is 1.59 bits per heavy atom. The molecular weight excluding hydrogens is 214 g/mol. The number of primary amides is 1. The number of rotatable bonds is 3. The van der Waals surface area contributed by atoms with E-state index >= 15 is 0 Å². The van der Waals surface area contributed by atoms with Crippen molar-refractivity contribution in [2.45, 2.75) is 6.10 Å². The Morgan fingerprint density at radius 1 is 1.06 bits per heavy atom. The largest absolute Gasteiger partial charge is 0.384 e. The predicted octanol–water partition coefficient (Wildman–Crippen LogP) is 1.67. The van der Waals surface area contributed by atoms with Crippen LogP contribution in [0.25, 0.3) is 0 Å². The number of benzene rings is 2. The summed E-state index contributed by atoms with van der Waals surface area (Å²) in [5.41, 5.74) is 7.09. The Kier molecular flexibility index (Phi) is 3.21. The Bertz CT molecular complexity index is 506. The van der Waals surface area contributed by atoms with Crippen molar-refractivity contribution in [3.8, 4) is 0 Å². The molecule has 1 unspecified atom stereocenters. The van der Waals surface area contributed by atoms with Crippen LogP contribution in [0.4, 0.5) is 0 Å². The SMILES string of the molecule is NC(=O)c1ccc(C(O)c2cc[c]cc2)cc1. The van der Waals surface area contributed by atoms with E-state index in [0.717, 1.165) is 11.1 Å². The van der Waals surface area contributed by atoms with E-state index in [0.29, 0.717) is 5.56 Å². The highest BCUT2D eigenvalue weighted by atomic mass is 16.3. The maximum atomic E-state index is 10.9. The van der Waals surface area contributed by atoms with Crippen LogP contribution in [0.5, 0.6) is 0 Å². The molecule has 3 nitrogen and oxygen atoms in total. The molecule has 0 aliphatic heterocycles. The molecule has 2 aromatic carbocycles. The summed E-state index contributed by atoms with van der Waals surface area (Å²) in [7, 11) is 0. The number of nitrogens with two attached hydrogens (primary N) is 1. The lowest BCUT2D eigenvalue weighted by molar-refractivity contribution is 0.1000. The second-order valence-corrected chi connectivity index (χ2v) is 3.72. The van der Waals surface area contributed by atoms with E-state index in [9.17, 15) is 9.90 Å². The van der Waals surface area contributed by atoms with E-state index in [2.05, 4.69) is 6.07 Å². The first kappa shape index (κ1) is 11.4. The van der Waals surface area contributed by atoms with Crippen molar-refractivity contribution < 1.29 is 9.90 Å². The van der Waals surface area contributed by atoms with Gasteiger partial charge in [0, 0.05) is 5.56 Å². The molecule has 0 saturated heterocycles. The van der Waals surface area contributed by atoms with Gasteiger partial charge in [0.25, 0.3) is 0 Å². The number of carbonyl (C=O) groups is 1. The third-order valence-electron chi connectivity index (χ3n) is 2.57. The molecule has 0 bridgehead atoms. The molecule has 0 aliphatic rings. The van der Waals surface area contributed by atoms with E-state index in [1.807, 2.05) is 0 Å². The van der Waals surface area contributed by atoms with Gasteiger partial charge < -0.3 is 10.8 Å². The third-order valence-corrected chi connectivity index (χ3v) is 2.57. The van der Waals surface area contributed by atoms with Crippen LogP contribution in [0.1, 0.15) is 27.6 Å². The van der Waals surface area contributed by atoms with Crippen LogP contribution in [-0.4, -0.2) is 11.0 Å². The molecule has 0 saturated carbocycles. The standard InChI is InChI=1S/C14H12NO2/c15-14(17)12-8-6-11(7-9-12)13(16)10-4-2-1-3-5-10/h2-9,13,16H,(H2,15,17). The molecular formula is C14H12NO2. The molecule has 2 rings (SSSR count). The Labute approximate surface area is 99.5 Å². The van der Waals surface area contributed by atoms with Gasteiger partial charge in [-0.1, -0.05) is 36.4 Å². The molecule has 17 heavy (non-hydrogen) atoms. The van der Waals surface area contributed by atoms with Gasteiger partial charge in [0.2, 0.25) is 5.91 Å². The lowest BCUT2D eigenvalue weighted by Gasteiger charge is -2.11. The van der Waals surface area contributed by atoms with E-state index in [-0.39, 0.29) is 0 Å². The van der Waals surface area contributed by atoms with Crippen molar-refractivity contribution in [1.82, 2.24) is 0 Å². The monoisotopic (exact) mass is 226 g/mol. The molecule has 1 amide bonds. The van der Waals surface area contributed by atoms with Crippen molar-refractivity contribution in [2.24, 2.45) is 5.73 Å². The highest BCUT2D eigenvalue weighted by Crippen LogP contribution is 2.21. The fourth-order valence-electron chi connectivity index (χ4n) is 1.60. The number of carbonyl (C=O) groups excluding carboxylic acids is 1. The molecule has 0 fully saturated rings. The summed E-state index contributed by atoms with van der Waals surface area (Å²) in [6.45, 7) is 0. The van der Waals surface area contributed by atoms with Crippen LogP contribution in [-0.2, 0) is 0 Å². The van der Waals surface area contributed by atoms with Gasteiger partial charge in [-0.2, -0.15) is 0 Å². The van der Waals surface area contributed by atoms with Crippen molar-refractivity contribution in [1.29, 1.82) is 0 Å². The minimum absolute atomic E-state index is 0.433. The zero-order valence-corrected chi connectivity index (χ0v) is 9.13. The average Bonchev–Trinajstić information content (AvgIpc) is 2.39. The fraction of sp³-hybridized carbons (Fsp3) is 0.0714. The molecule has 85 valence electrons. The molecule has 3 heteroatoms. The molecule has 0 spiro atoms. The minimum atomic E-state index is -0.702. The van der Waals surface area contributed by atoms with Crippen LogP contribution < -0.4 is 5.73 Å². The topological polar surface area (TPSA) is 63.3 Å². The van der Waals surface area contributed by atoms with Crippen molar-refractivity contribution in [3.63, 3.8) is 0 Å². The summed E-state index contributed by atoms with van der Waals surface area (Å²) in [5, 5.41) is 10.1. The Morgan fingerprint density at radius 3 is 2.12 bits per heavy atom. The second-order valence-electron chi connectivity index (χ2n) is 3.72. The number of aliphatic hydroxyl groups excluding tert-OH is 1. The van der Waals surface area contributed by atoms with Gasteiger partial charge in [0.15, 0.2) is 0 Å².